The van der Waals surface area contributed by atoms with E-state index in [-0.39, 0.29) is 5.56 Å². The standard InChI is InChI=1S/C18H15ClN4O2/c1-12-16(17(19)23(22-12)15-8-3-2-4-9-15)11-20-21-14-7-5-6-13(10-14)18(24)25/h2-11,21H,1H3,(H,24,25)/p-1/b20-11-. The van der Waals surface area contributed by atoms with Gasteiger partial charge >= 0.3 is 0 Å². The van der Waals surface area contributed by atoms with Gasteiger partial charge in [0.2, 0.25) is 0 Å². The zero-order chi connectivity index (χ0) is 17.8. The number of hydrazone groups is 1. The summed E-state index contributed by atoms with van der Waals surface area (Å²) in [6.07, 6.45) is 1.55. The highest BCUT2D eigenvalue weighted by Gasteiger charge is 2.12. The van der Waals surface area contributed by atoms with Crippen LogP contribution in [0.25, 0.3) is 5.69 Å². The molecule has 0 aliphatic heterocycles. The highest BCUT2D eigenvalue weighted by atomic mass is 35.5. The van der Waals surface area contributed by atoms with Crippen LogP contribution in [-0.4, -0.2) is 22.0 Å². The fourth-order valence-corrected chi connectivity index (χ4v) is 2.61. The smallest absolute Gasteiger partial charge is 0.142 e. The van der Waals surface area contributed by atoms with E-state index in [1.165, 1.54) is 12.1 Å². The number of hydrogen-bond donors (Lipinski definition) is 1. The summed E-state index contributed by atoms with van der Waals surface area (Å²) < 4.78 is 1.63. The zero-order valence-electron chi connectivity index (χ0n) is 13.3. The molecule has 0 aliphatic rings. The third-order valence-corrected chi connectivity index (χ3v) is 3.90. The van der Waals surface area contributed by atoms with Crippen molar-refractivity contribution in [2.24, 2.45) is 5.10 Å². The van der Waals surface area contributed by atoms with Gasteiger partial charge in [0.05, 0.1) is 34.8 Å². The third-order valence-electron chi connectivity index (χ3n) is 3.53. The Balaban J connectivity index is 1.82. The minimum atomic E-state index is -1.24. The first-order valence-corrected chi connectivity index (χ1v) is 7.85. The van der Waals surface area contributed by atoms with E-state index in [2.05, 4.69) is 15.6 Å². The molecular formula is C18H14ClN4O2-. The van der Waals surface area contributed by atoms with Gasteiger partial charge in [-0.3, -0.25) is 5.43 Å². The summed E-state index contributed by atoms with van der Waals surface area (Å²) in [4.78, 5) is 10.9. The molecule has 7 heteroatoms. The molecule has 6 nitrogen and oxygen atoms in total. The summed E-state index contributed by atoms with van der Waals surface area (Å²) in [6.45, 7) is 1.84. The first-order chi connectivity index (χ1) is 12.1. The number of carboxylic acid groups (broad SMARTS) is 1. The number of para-hydroxylation sites is 1. The molecule has 2 aromatic carbocycles. The Labute approximate surface area is 149 Å². The molecule has 1 heterocycles. The molecule has 0 bridgehead atoms. The van der Waals surface area contributed by atoms with Crippen LogP contribution in [0, 0.1) is 6.92 Å². The van der Waals surface area contributed by atoms with Gasteiger partial charge in [0.15, 0.2) is 0 Å². The van der Waals surface area contributed by atoms with Gasteiger partial charge in [-0.25, -0.2) is 4.68 Å². The minimum absolute atomic E-state index is 0.0753. The lowest BCUT2D eigenvalue weighted by Gasteiger charge is -2.05. The maximum Gasteiger partial charge on any atom is 0.142 e. The summed E-state index contributed by atoms with van der Waals surface area (Å²) in [5, 5.41) is 19.8. The molecule has 0 saturated carbocycles. The lowest BCUT2D eigenvalue weighted by atomic mass is 10.2. The zero-order valence-corrected chi connectivity index (χ0v) is 14.1. The molecule has 0 fully saturated rings. The normalized spacial score (nSPS) is 11.0. The number of carbonyl (C=O) groups excluding carboxylic acids is 1. The van der Waals surface area contributed by atoms with Gasteiger partial charge in [-0.2, -0.15) is 10.2 Å². The van der Waals surface area contributed by atoms with Crippen LogP contribution in [-0.2, 0) is 0 Å². The molecule has 126 valence electrons. The van der Waals surface area contributed by atoms with Crippen molar-refractivity contribution in [3.8, 4) is 5.69 Å². The molecule has 0 radical (unpaired) electrons. The van der Waals surface area contributed by atoms with Crippen molar-refractivity contribution in [3.63, 3.8) is 0 Å². The summed E-state index contributed by atoms with van der Waals surface area (Å²) >= 11 is 6.41. The predicted octanol–water partition coefficient (Wildman–Crippen LogP) is 2.64. The Morgan fingerprint density at radius 3 is 2.72 bits per heavy atom. The van der Waals surface area contributed by atoms with Crippen molar-refractivity contribution in [1.82, 2.24) is 9.78 Å². The van der Waals surface area contributed by atoms with E-state index in [1.807, 2.05) is 37.3 Å². The van der Waals surface area contributed by atoms with Crippen LogP contribution >= 0.6 is 11.6 Å². The molecule has 0 amide bonds. The highest BCUT2D eigenvalue weighted by molar-refractivity contribution is 6.32. The quantitative estimate of drug-likeness (QED) is 0.564. The predicted molar refractivity (Wildman–Crippen MR) is 95.3 cm³/mol. The van der Waals surface area contributed by atoms with Crippen molar-refractivity contribution in [2.75, 3.05) is 5.43 Å². The molecule has 0 unspecified atom stereocenters. The van der Waals surface area contributed by atoms with Crippen molar-refractivity contribution in [1.29, 1.82) is 0 Å². The van der Waals surface area contributed by atoms with Crippen molar-refractivity contribution < 1.29 is 9.90 Å². The largest absolute Gasteiger partial charge is 0.545 e. The van der Waals surface area contributed by atoms with Gasteiger partial charge in [0, 0.05) is 0 Å². The van der Waals surface area contributed by atoms with E-state index in [1.54, 1.807) is 23.0 Å². The number of hydrogen-bond acceptors (Lipinski definition) is 5. The monoisotopic (exact) mass is 353 g/mol. The van der Waals surface area contributed by atoms with Crippen LogP contribution in [0.15, 0.2) is 59.7 Å². The number of carboxylic acids is 1. The number of benzene rings is 2. The molecular weight excluding hydrogens is 340 g/mol. The van der Waals surface area contributed by atoms with Crippen LogP contribution in [0.5, 0.6) is 0 Å². The fourth-order valence-electron chi connectivity index (χ4n) is 2.29. The second kappa shape index (κ2) is 7.19. The number of nitrogens with zero attached hydrogens (tertiary/aromatic N) is 3. The van der Waals surface area contributed by atoms with E-state index in [9.17, 15) is 9.90 Å². The number of carbonyl (C=O) groups is 1. The van der Waals surface area contributed by atoms with E-state index in [0.717, 1.165) is 11.4 Å². The number of anilines is 1. The number of aromatic nitrogens is 2. The maximum absolute atomic E-state index is 10.9. The van der Waals surface area contributed by atoms with Gasteiger partial charge in [0.1, 0.15) is 5.15 Å². The average molecular weight is 354 g/mol. The van der Waals surface area contributed by atoms with E-state index in [0.29, 0.717) is 16.4 Å². The lowest BCUT2D eigenvalue weighted by molar-refractivity contribution is -0.255. The lowest BCUT2D eigenvalue weighted by Crippen LogP contribution is -2.22. The minimum Gasteiger partial charge on any atom is -0.545 e. The molecule has 3 aromatic rings. The van der Waals surface area contributed by atoms with E-state index < -0.39 is 5.97 Å². The number of rotatable bonds is 5. The second-order valence-electron chi connectivity index (χ2n) is 5.28. The Morgan fingerprint density at radius 1 is 1.24 bits per heavy atom. The van der Waals surface area contributed by atoms with Gasteiger partial charge in [-0.1, -0.05) is 41.9 Å². The average Bonchev–Trinajstić information content (AvgIpc) is 2.91. The molecule has 0 atom stereocenters. The van der Waals surface area contributed by atoms with Crippen molar-refractivity contribution in [3.05, 3.63) is 76.6 Å². The summed E-state index contributed by atoms with van der Waals surface area (Å²) in [5.74, 6) is -1.24. The topological polar surface area (TPSA) is 82.3 Å². The fraction of sp³-hybridized carbons (Fsp3) is 0.0556. The maximum atomic E-state index is 10.9. The van der Waals surface area contributed by atoms with Gasteiger partial charge in [-0.05, 0) is 36.8 Å². The van der Waals surface area contributed by atoms with Gasteiger partial charge in [-0.15, -0.1) is 0 Å². The molecule has 3 rings (SSSR count). The molecule has 1 N–H and O–H groups in total. The molecule has 0 spiro atoms. The first kappa shape index (κ1) is 16.7. The first-order valence-electron chi connectivity index (χ1n) is 7.47. The number of nitrogens with one attached hydrogen (secondary N) is 1. The Kier molecular flexibility index (Phi) is 4.81. The Hall–Kier alpha value is -3.12. The van der Waals surface area contributed by atoms with Crippen LogP contribution in [0.2, 0.25) is 5.15 Å². The SMILES string of the molecule is Cc1nn(-c2ccccc2)c(Cl)c1/C=N\Nc1cccc(C(=O)[O-])c1. The van der Waals surface area contributed by atoms with Gasteiger partial charge < -0.3 is 9.90 Å². The number of aryl methyl sites for hydroxylation is 1. The highest BCUT2D eigenvalue weighted by Crippen LogP contribution is 2.22. The Bertz CT molecular complexity index is 936. The molecule has 1 aromatic heterocycles. The molecule has 0 saturated heterocycles. The van der Waals surface area contributed by atoms with Crippen LogP contribution in [0.3, 0.4) is 0 Å². The van der Waals surface area contributed by atoms with Crippen molar-refractivity contribution >= 4 is 29.5 Å². The molecule has 25 heavy (non-hydrogen) atoms. The second-order valence-corrected chi connectivity index (χ2v) is 5.63. The number of aromatic carboxylic acids is 1. The van der Waals surface area contributed by atoms with Gasteiger partial charge in [0.25, 0.3) is 0 Å². The van der Waals surface area contributed by atoms with Crippen LogP contribution in [0.4, 0.5) is 5.69 Å². The molecule has 0 aliphatic carbocycles. The van der Waals surface area contributed by atoms with E-state index >= 15 is 0 Å². The van der Waals surface area contributed by atoms with Crippen LogP contribution in [0.1, 0.15) is 21.6 Å². The summed E-state index contributed by atoms with van der Waals surface area (Å²) in [7, 11) is 0. The Morgan fingerprint density at radius 2 is 2.00 bits per heavy atom. The van der Waals surface area contributed by atoms with E-state index in [4.69, 9.17) is 11.6 Å². The summed E-state index contributed by atoms with van der Waals surface area (Å²) in [5.41, 5.74) is 5.63. The number of halogens is 1. The van der Waals surface area contributed by atoms with Crippen LogP contribution < -0.4 is 10.5 Å². The van der Waals surface area contributed by atoms with Crippen molar-refractivity contribution in [2.45, 2.75) is 6.92 Å². The summed E-state index contributed by atoms with van der Waals surface area (Å²) in [6, 6.07) is 15.7. The third kappa shape index (κ3) is 3.70.